The Balaban J connectivity index is 1.04. The van der Waals surface area contributed by atoms with E-state index in [1.807, 2.05) is 11.3 Å². The van der Waals surface area contributed by atoms with Crippen LogP contribution < -0.4 is 0 Å². The Hall–Kier alpha value is -2.38. The molecule has 0 spiro atoms. The standard InChI is InChI=1S/C37H46S/c1-2-3-4-5-6-7-8-9-10-11-12-13-14-15-16-19-29-22-24-31-30(28-29)23-25-34-32(31)26-27-35-33-20-17-18-21-36(33)38-37(34)35/h17-18,20-28H,2-16,19H2,1H3. The average molecular weight is 523 g/mol. The van der Waals surface area contributed by atoms with Crippen molar-refractivity contribution in [3.63, 3.8) is 0 Å². The summed E-state index contributed by atoms with van der Waals surface area (Å²) < 4.78 is 2.81. The number of benzene rings is 4. The molecule has 0 aliphatic heterocycles. The Morgan fingerprint density at radius 1 is 0.474 bits per heavy atom. The van der Waals surface area contributed by atoms with Crippen LogP contribution in [0.5, 0.6) is 0 Å². The van der Waals surface area contributed by atoms with E-state index in [0.717, 1.165) is 0 Å². The Morgan fingerprint density at radius 2 is 1.03 bits per heavy atom. The van der Waals surface area contributed by atoms with Gasteiger partial charge in [0.15, 0.2) is 0 Å². The van der Waals surface area contributed by atoms with Gasteiger partial charge in [0, 0.05) is 25.6 Å². The number of hydrogen-bond donors (Lipinski definition) is 0. The van der Waals surface area contributed by atoms with Gasteiger partial charge in [-0.3, -0.25) is 0 Å². The molecule has 0 bridgehead atoms. The molecule has 0 nitrogen and oxygen atoms in total. The molecule has 1 aromatic heterocycles. The van der Waals surface area contributed by atoms with Crippen molar-refractivity contribution in [2.45, 2.75) is 110 Å². The molecular weight excluding hydrogens is 476 g/mol. The van der Waals surface area contributed by atoms with Crippen molar-refractivity contribution in [2.75, 3.05) is 0 Å². The van der Waals surface area contributed by atoms with E-state index in [1.165, 1.54) is 150 Å². The maximum absolute atomic E-state index is 2.44. The Morgan fingerprint density at radius 3 is 1.74 bits per heavy atom. The van der Waals surface area contributed by atoms with Crippen LogP contribution in [0.1, 0.15) is 109 Å². The minimum absolute atomic E-state index is 1.21. The zero-order valence-corrected chi connectivity index (χ0v) is 24.4. The van der Waals surface area contributed by atoms with Crippen molar-refractivity contribution in [3.8, 4) is 0 Å². The minimum atomic E-state index is 1.21. The second-order valence-corrected chi connectivity index (χ2v) is 12.5. The molecule has 5 aromatic rings. The zero-order chi connectivity index (χ0) is 26.0. The van der Waals surface area contributed by atoms with Gasteiger partial charge in [-0.15, -0.1) is 11.3 Å². The normalized spacial score (nSPS) is 11.9. The molecule has 1 heterocycles. The van der Waals surface area contributed by atoms with Crippen LogP contribution in [0.25, 0.3) is 41.7 Å². The average Bonchev–Trinajstić information content (AvgIpc) is 3.34. The van der Waals surface area contributed by atoms with Crippen LogP contribution in [0.4, 0.5) is 0 Å². The molecule has 0 saturated heterocycles. The van der Waals surface area contributed by atoms with Crippen molar-refractivity contribution in [2.24, 2.45) is 0 Å². The van der Waals surface area contributed by atoms with E-state index in [-0.39, 0.29) is 0 Å². The highest BCUT2D eigenvalue weighted by Gasteiger charge is 2.10. The second-order valence-electron chi connectivity index (χ2n) is 11.5. The van der Waals surface area contributed by atoms with Crippen molar-refractivity contribution >= 4 is 53.1 Å². The Bertz CT molecular complexity index is 1440. The molecule has 0 radical (unpaired) electrons. The number of aryl methyl sites for hydroxylation is 1. The molecule has 0 unspecified atom stereocenters. The summed E-state index contributed by atoms with van der Waals surface area (Å²) in [4.78, 5) is 0. The van der Waals surface area contributed by atoms with E-state index in [0.29, 0.717) is 0 Å². The highest BCUT2D eigenvalue weighted by Crippen LogP contribution is 2.40. The summed E-state index contributed by atoms with van der Waals surface area (Å²) in [6.07, 6.45) is 22.6. The molecule has 5 rings (SSSR count). The predicted molar refractivity (Wildman–Crippen MR) is 173 cm³/mol. The molecule has 0 aliphatic carbocycles. The summed E-state index contributed by atoms with van der Waals surface area (Å²) in [6.45, 7) is 2.30. The maximum atomic E-state index is 2.44. The van der Waals surface area contributed by atoms with Crippen LogP contribution >= 0.6 is 11.3 Å². The van der Waals surface area contributed by atoms with E-state index >= 15 is 0 Å². The number of hydrogen-bond acceptors (Lipinski definition) is 1. The Kier molecular flexibility index (Phi) is 10.1. The molecule has 0 atom stereocenters. The van der Waals surface area contributed by atoms with E-state index in [2.05, 4.69) is 73.7 Å². The van der Waals surface area contributed by atoms with Gasteiger partial charge >= 0.3 is 0 Å². The van der Waals surface area contributed by atoms with Gasteiger partial charge in [0.25, 0.3) is 0 Å². The van der Waals surface area contributed by atoms with Gasteiger partial charge in [-0.2, -0.15) is 0 Å². The quantitative estimate of drug-likeness (QED) is 0.0892. The third kappa shape index (κ3) is 6.78. The van der Waals surface area contributed by atoms with Crippen LogP contribution in [0.2, 0.25) is 0 Å². The van der Waals surface area contributed by atoms with Gasteiger partial charge < -0.3 is 0 Å². The third-order valence-corrected chi connectivity index (χ3v) is 9.71. The summed E-state index contributed by atoms with van der Waals surface area (Å²) in [5.41, 5.74) is 1.49. The number of fused-ring (bicyclic) bond motifs is 7. The van der Waals surface area contributed by atoms with Gasteiger partial charge in [0.2, 0.25) is 0 Å². The van der Waals surface area contributed by atoms with E-state index in [1.54, 1.807) is 0 Å². The lowest BCUT2D eigenvalue weighted by Gasteiger charge is -2.08. The lowest BCUT2D eigenvalue weighted by atomic mass is 9.97. The van der Waals surface area contributed by atoms with Gasteiger partial charge in [0.05, 0.1) is 0 Å². The molecule has 0 aliphatic rings. The molecule has 0 fully saturated rings. The first-order valence-corrected chi connectivity index (χ1v) is 16.4. The highest BCUT2D eigenvalue weighted by molar-refractivity contribution is 7.26. The van der Waals surface area contributed by atoms with Crippen LogP contribution in [-0.2, 0) is 6.42 Å². The molecule has 4 aromatic carbocycles. The van der Waals surface area contributed by atoms with Gasteiger partial charge in [-0.1, -0.05) is 157 Å². The smallest absolute Gasteiger partial charge is 0.0434 e. The summed E-state index contributed by atoms with van der Waals surface area (Å²) in [6, 6.07) is 25.4. The van der Waals surface area contributed by atoms with Gasteiger partial charge in [0.1, 0.15) is 0 Å². The fraction of sp³-hybridized carbons (Fsp3) is 0.459. The summed E-state index contributed by atoms with van der Waals surface area (Å²) in [5.74, 6) is 0. The fourth-order valence-corrected chi connectivity index (χ4v) is 7.46. The predicted octanol–water partition coefficient (Wildman–Crippen LogP) is 12.8. The molecule has 0 saturated carbocycles. The molecule has 1 heteroatoms. The molecule has 200 valence electrons. The molecule has 0 amide bonds. The van der Waals surface area contributed by atoms with Crippen molar-refractivity contribution < 1.29 is 0 Å². The largest absolute Gasteiger partial charge is 0.135 e. The Labute approximate surface area is 234 Å². The van der Waals surface area contributed by atoms with E-state index < -0.39 is 0 Å². The highest BCUT2D eigenvalue weighted by atomic mass is 32.1. The lowest BCUT2D eigenvalue weighted by molar-refractivity contribution is 0.532. The van der Waals surface area contributed by atoms with E-state index in [4.69, 9.17) is 0 Å². The fourth-order valence-electron chi connectivity index (χ4n) is 6.23. The molecule has 0 N–H and O–H groups in total. The maximum Gasteiger partial charge on any atom is 0.0434 e. The van der Waals surface area contributed by atoms with Crippen molar-refractivity contribution in [1.29, 1.82) is 0 Å². The van der Waals surface area contributed by atoms with E-state index in [9.17, 15) is 0 Å². The van der Waals surface area contributed by atoms with Crippen molar-refractivity contribution in [1.82, 2.24) is 0 Å². The van der Waals surface area contributed by atoms with Gasteiger partial charge in [-0.25, -0.2) is 0 Å². The van der Waals surface area contributed by atoms with Gasteiger partial charge in [-0.05, 0) is 40.6 Å². The van der Waals surface area contributed by atoms with Crippen LogP contribution in [0.15, 0.2) is 66.7 Å². The zero-order valence-electron chi connectivity index (χ0n) is 23.6. The summed E-state index contributed by atoms with van der Waals surface area (Å²) in [5, 5.41) is 8.33. The van der Waals surface area contributed by atoms with Crippen LogP contribution in [-0.4, -0.2) is 0 Å². The first-order chi connectivity index (χ1) is 18.8. The summed E-state index contributed by atoms with van der Waals surface area (Å²) >= 11 is 1.93. The van der Waals surface area contributed by atoms with Crippen LogP contribution in [0, 0.1) is 0 Å². The monoisotopic (exact) mass is 522 g/mol. The molecule has 38 heavy (non-hydrogen) atoms. The topological polar surface area (TPSA) is 0 Å². The van der Waals surface area contributed by atoms with Crippen LogP contribution in [0.3, 0.4) is 0 Å². The number of rotatable bonds is 16. The number of unbranched alkanes of at least 4 members (excludes halogenated alkanes) is 14. The number of thiophene rings is 1. The van der Waals surface area contributed by atoms with Crippen molar-refractivity contribution in [3.05, 3.63) is 72.3 Å². The third-order valence-electron chi connectivity index (χ3n) is 8.49. The SMILES string of the molecule is CCCCCCCCCCCCCCCCCc1ccc2c(ccc3c2ccc2c4ccccc4sc23)c1. The minimum Gasteiger partial charge on any atom is -0.135 e. The first-order valence-electron chi connectivity index (χ1n) is 15.6. The molecular formula is C37H46S. The lowest BCUT2D eigenvalue weighted by Crippen LogP contribution is -1.88. The second kappa shape index (κ2) is 14.1. The summed E-state index contributed by atoms with van der Waals surface area (Å²) in [7, 11) is 0. The first kappa shape index (κ1) is 27.2.